The van der Waals surface area contributed by atoms with Crippen molar-refractivity contribution in [3.05, 3.63) is 35.6 Å². The predicted octanol–water partition coefficient (Wildman–Crippen LogP) is -0.559. The van der Waals surface area contributed by atoms with Gasteiger partial charge in [-0.2, -0.15) is 0 Å². The molecule has 0 spiro atoms. The van der Waals surface area contributed by atoms with Gasteiger partial charge in [0.25, 0.3) is 0 Å². The fourth-order valence-corrected chi connectivity index (χ4v) is 3.04. The van der Waals surface area contributed by atoms with E-state index in [-0.39, 0.29) is 6.42 Å². The molecule has 3 atom stereocenters. The van der Waals surface area contributed by atoms with Gasteiger partial charge in [0.1, 0.15) is 17.9 Å². The minimum Gasteiger partial charge on any atom is -0.468 e. The van der Waals surface area contributed by atoms with Crippen LogP contribution in [0.25, 0.3) is 0 Å². The summed E-state index contributed by atoms with van der Waals surface area (Å²) in [5, 5.41) is 4.78. The van der Waals surface area contributed by atoms with Gasteiger partial charge in [0.2, 0.25) is 17.7 Å². The van der Waals surface area contributed by atoms with Crippen molar-refractivity contribution in [3.8, 4) is 0 Å². The third-order valence-corrected chi connectivity index (χ3v) is 4.59. The SMILES string of the molecule is COC(=O)C(C(=O)OC)[C@H](C)[C@H](NC(=O)[C@@H](Cc1cccc(F)c1)NC(C)=O)C(N)=O. The highest BCUT2D eigenvalue weighted by Crippen LogP contribution is 2.20. The number of nitrogens with one attached hydrogen (secondary N) is 2. The van der Waals surface area contributed by atoms with Crippen LogP contribution in [0.1, 0.15) is 19.4 Å². The predicted molar refractivity (Wildman–Crippen MR) is 106 cm³/mol. The molecule has 0 radical (unpaired) electrons. The van der Waals surface area contributed by atoms with Crippen LogP contribution in [0.4, 0.5) is 4.39 Å². The maximum absolute atomic E-state index is 13.5. The van der Waals surface area contributed by atoms with E-state index in [9.17, 15) is 28.4 Å². The minimum atomic E-state index is -1.53. The van der Waals surface area contributed by atoms with Gasteiger partial charge >= 0.3 is 11.9 Å². The van der Waals surface area contributed by atoms with E-state index in [2.05, 4.69) is 20.1 Å². The summed E-state index contributed by atoms with van der Waals surface area (Å²) in [5.41, 5.74) is 5.80. The van der Waals surface area contributed by atoms with Crippen LogP contribution in [-0.4, -0.2) is 56.0 Å². The number of carbonyl (C=O) groups is 5. The maximum Gasteiger partial charge on any atom is 0.320 e. The van der Waals surface area contributed by atoms with Crippen molar-refractivity contribution in [1.82, 2.24) is 10.6 Å². The van der Waals surface area contributed by atoms with E-state index in [0.29, 0.717) is 5.56 Å². The number of esters is 2. The summed E-state index contributed by atoms with van der Waals surface area (Å²) in [6, 6.07) is 2.77. The Bertz CT molecular complexity index is 830. The number of nitrogens with two attached hydrogens (primary N) is 1. The van der Waals surface area contributed by atoms with Crippen molar-refractivity contribution >= 4 is 29.7 Å². The van der Waals surface area contributed by atoms with Crippen LogP contribution >= 0.6 is 0 Å². The molecule has 1 aromatic rings. The van der Waals surface area contributed by atoms with E-state index >= 15 is 0 Å². The molecule has 1 aromatic carbocycles. The van der Waals surface area contributed by atoms with E-state index in [1.54, 1.807) is 6.07 Å². The standard InChI is InChI=1S/C20H26FN3O7/c1-10(15(19(28)30-3)20(29)31-4)16(17(22)26)24-18(27)14(23-11(2)25)9-12-6-5-7-13(21)8-12/h5-8,10,14-16H,9H2,1-4H3,(H2,22,26)(H,23,25)(H,24,27)/t10-,14+,16-/m0/s1. The summed E-state index contributed by atoms with van der Waals surface area (Å²) >= 11 is 0. The number of primary amides is 1. The fourth-order valence-electron chi connectivity index (χ4n) is 3.04. The van der Waals surface area contributed by atoms with Crippen LogP contribution < -0.4 is 16.4 Å². The summed E-state index contributed by atoms with van der Waals surface area (Å²) in [6.07, 6.45) is -0.0829. The van der Waals surface area contributed by atoms with Crippen LogP contribution in [0.2, 0.25) is 0 Å². The molecule has 170 valence electrons. The number of amides is 3. The van der Waals surface area contributed by atoms with E-state index in [1.165, 1.54) is 32.0 Å². The van der Waals surface area contributed by atoms with Gasteiger partial charge in [-0.3, -0.25) is 24.0 Å². The van der Waals surface area contributed by atoms with Gasteiger partial charge in [-0.15, -0.1) is 0 Å². The normalized spacial score (nSPS) is 13.5. The maximum atomic E-state index is 13.5. The van der Waals surface area contributed by atoms with Crippen molar-refractivity contribution in [3.63, 3.8) is 0 Å². The fraction of sp³-hybridized carbons (Fsp3) is 0.450. The smallest absolute Gasteiger partial charge is 0.320 e. The molecular weight excluding hydrogens is 413 g/mol. The highest BCUT2D eigenvalue weighted by atomic mass is 19.1. The van der Waals surface area contributed by atoms with Crippen molar-refractivity contribution in [2.45, 2.75) is 32.4 Å². The third-order valence-electron chi connectivity index (χ3n) is 4.59. The highest BCUT2D eigenvalue weighted by molar-refractivity contribution is 5.97. The Morgan fingerprint density at radius 1 is 1.06 bits per heavy atom. The van der Waals surface area contributed by atoms with Crippen molar-refractivity contribution < 1.29 is 37.8 Å². The second kappa shape index (κ2) is 11.6. The molecule has 0 heterocycles. The monoisotopic (exact) mass is 439 g/mol. The van der Waals surface area contributed by atoms with Crippen molar-refractivity contribution in [1.29, 1.82) is 0 Å². The summed E-state index contributed by atoms with van der Waals surface area (Å²) < 4.78 is 22.6. The highest BCUT2D eigenvalue weighted by Gasteiger charge is 2.41. The number of halogens is 1. The van der Waals surface area contributed by atoms with E-state index < -0.39 is 59.4 Å². The summed E-state index contributed by atoms with van der Waals surface area (Å²) in [6.45, 7) is 2.53. The lowest BCUT2D eigenvalue weighted by Gasteiger charge is -2.28. The van der Waals surface area contributed by atoms with Crippen LogP contribution in [0, 0.1) is 17.7 Å². The number of carbonyl (C=O) groups excluding carboxylic acids is 5. The average Bonchev–Trinajstić information content (AvgIpc) is 2.70. The Morgan fingerprint density at radius 3 is 2.10 bits per heavy atom. The first-order valence-corrected chi connectivity index (χ1v) is 9.28. The molecule has 0 aromatic heterocycles. The largest absolute Gasteiger partial charge is 0.468 e. The summed E-state index contributed by atoms with van der Waals surface area (Å²) in [7, 11) is 2.10. The first kappa shape index (κ1) is 25.5. The molecule has 11 heteroatoms. The molecule has 0 saturated heterocycles. The third kappa shape index (κ3) is 7.36. The molecule has 0 unspecified atom stereocenters. The summed E-state index contributed by atoms with van der Waals surface area (Å²) in [5.74, 6) is -7.52. The van der Waals surface area contributed by atoms with Crippen LogP contribution in [0.3, 0.4) is 0 Å². The van der Waals surface area contributed by atoms with Gasteiger partial charge in [0.15, 0.2) is 5.92 Å². The number of benzene rings is 1. The van der Waals surface area contributed by atoms with Gasteiger partial charge < -0.3 is 25.8 Å². The Hall–Kier alpha value is -3.50. The van der Waals surface area contributed by atoms with Gasteiger partial charge in [-0.1, -0.05) is 19.1 Å². The van der Waals surface area contributed by atoms with E-state index in [4.69, 9.17) is 5.73 Å². The molecule has 10 nitrogen and oxygen atoms in total. The van der Waals surface area contributed by atoms with Gasteiger partial charge in [0.05, 0.1) is 14.2 Å². The number of ether oxygens (including phenoxy) is 2. The zero-order valence-electron chi connectivity index (χ0n) is 17.6. The van der Waals surface area contributed by atoms with Crippen LogP contribution in [-0.2, 0) is 39.9 Å². The average molecular weight is 439 g/mol. The second-order valence-electron chi connectivity index (χ2n) is 6.86. The molecule has 0 fully saturated rings. The molecule has 0 aliphatic heterocycles. The number of hydrogen-bond donors (Lipinski definition) is 3. The molecule has 1 rings (SSSR count). The van der Waals surface area contributed by atoms with E-state index in [1.807, 2.05) is 0 Å². The number of methoxy groups -OCH3 is 2. The quantitative estimate of drug-likeness (QED) is 0.326. The Balaban J connectivity index is 3.14. The van der Waals surface area contributed by atoms with Gasteiger partial charge in [-0.25, -0.2) is 4.39 Å². The van der Waals surface area contributed by atoms with Gasteiger partial charge in [-0.05, 0) is 17.7 Å². The van der Waals surface area contributed by atoms with Crippen LogP contribution in [0.15, 0.2) is 24.3 Å². The first-order chi connectivity index (χ1) is 14.5. The van der Waals surface area contributed by atoms with Crippen molar-refractivity contribution in [2.24, 2.45) is 17.6 Å². The summed E-state index contributed by atoms with van der Waals surface area (Å²) in [4.78, 5) is 60.5. The molecule has 0 aliphatic carbocycles. The van der Waals surface area contributed by atoms with Crippen LogP contribution in [0.5, 0.6) is 0 Å². The van der Waals surface area contributed by atoms with E-state index in [0.717, 1.165) is 14.2 Å². The van der Waals surface area contributed by atoms with Crippen molar-refractivity contribution in [2.75, 3.05) is 14.2 Å². The molecule has 4 N–H and O–H groups in total. The molecule has 31 heavy (non-hydrogen) atoms. The zero-order chi connectivity index (χ0) is 23.7. The lowest BCUT2D eigenvalue weighted by molar-refractivity contribution is -0.162. The Kier molecular flexibility index (Phi) is 9.58. The Morgan fingerprint density at radius 2 is 1.65 bits per heavy atom. The first-order valence-electron chi connectivity index (χ1n) is 9.28. The Labute approximate surface area is 178 Å². The zero-order valence-corrected chi connectivity index (χ0v) is 17.6. The topological polar surface area (TPSA) is 154 Å². The number of rotatable bonds is 10. The molecule has 0 bridgehead atoms. The lowest BCUT2D eigenvalue weighted by atomic mass is 9.86. The molecule has 0 aliphatic rings. The minimum absolute atomic E-state index is 0.0829. The molecular formula is C20H26FN3O7. The molecule has 3 amide bonds. The number of hydrogen-bond acceptors (Lipinski definition) is 7. The molecule has 0 saturated carbocycles. The lowest BCUT2D eigenvalue weighted by Crippen LogP contribution is -2.57. The second-order valence-corrected chi connectivity index (χ2v) is 6.86. The van der Waals surface area contributed by atoms with Gasteiger partial charge in [0, 0.05) is 19.3 Å².